The molecular formula is C60H53N. The molecule has 8 aromatic carbocycles. The van der Waals surface area contributed by atoms with Crippen LogP contribution in [0, 0.1) is 0 Å². The van der Waals surface area contributed by atoms with Gasteiger partial charge in [-0.3, -0.25) is 0 Å². The lowest BCUT2D eigenvalue weighted by atomic mass is 9.74. The summed E-state index contributed by atoms with van der Waals surface area (Å²) in [6, 6.07) is 66.8. The molecule has 1 heteroatoms. The molecule has 8 aromatic rings. The maximum absolute atomic E-state index is 2.60. The van der Waals surface area contributed by atoms with Crippen LogP contribution in [0.4, 0.5) is 17.1 Å². The summed E-state index contributed by atoms with van der Waals surface area (Å²) in [6.45, 7) is 19.0. The van der Waals surface area contributed by atoms with Gasteiger partial charge in [-0.15, -0.1) is 0 Å². The summed E-state index contributed by atoms with van der Waals surface area (Å²) >= 11 is 0. The van der Waals surface area contributed by atoms with E-state index in [1.807, 2.05) is 0 Å². The Bertz CT molecular complexity index is 3080. The van der Waals surface area contributed by atoms with Crippen molar-refractivity contribution >= 4 is 17.1 Å². The van der Waals surface area contributed by atoms with Crippen molar-refractivity contribution < 1.29 is 0 Å². The number of hydrogen-bond acceptors (Lipinski definition) is 1. The first-order valence-electron chi connectivity index (χ1n) is 22.0. The Hall–Kier alpha value is -6.44. The molecule has 0 saturated carbocycles. The van der Waals surface area contributed by atoms with Crippen molar-refractivity contribution in [2.24, 2.45) is 0 Å². The fourth-order valence-corrected chi connectivity index (χ4v) is 11.5. The normalized spacial score (nSPS) is 17.2. The van der Waals surface area contributed by atoms with Crippen LogP contribution in [0.1, 0.15) is 99.9 Å². The molecule has 0 N–H and O–H groups in total. The van der Waals surface area contributed by atoms with Gasteiger partial charge in [0.25, 0.3) is 0 Å². The lowest BCUT2D eigenvalue weighted by molar-refractivity contribution is 0.584. The maximum atomic E-state index is 2.60. The molecule has 3 aliphatic rings. The smallest absolute Gasteiger partial charge is 0.0540 e. The van der Waals surface area contributed by atoms with Gasteiger partial charge in [0, 0.05) is 27.5 Å². The number of fused-ring (bicyclic) bond motifs is 9. The summed E-state index contributed by atoms with van der Waals surface area (Å²) < 4.78 is 0. The Labute approximate surface area is 362 Å². The van der Waals surface area contributed by atoms with Crippen molar-refractivity contribution in [2.45, 2.75) is 77.0 Å². The second-order valence-corrected chi connectivity index (χ2v) is 19.9. The molecule has 0 aliphatic heterocycles. The lowest BCUT2D eigenvalue weighted by Gasteiger charge is -2.35. The van der Waals surface area contributed by atoms with Crippen LogP contribution in [0.3, 0.4) is 0 Å². The van der Waals surface area contributed by atoms with Crippen LogP contribution in [-0.4, -0.2) is 0 Å². The Kier molecular flexibility index (Phi) is 8.02. The molecule has 0 aromatic heterocycles. The maximum Gasteiger partial charge on any atom is 0.0540 e. The van der Waals surface area contributed by atoms with Gasteiger partial charge in [-0.1, -0.05) is 200 Å². The van der Waals surface area contributed by atoms with Gasteiger partial charge in [-0.05, 0) is 120 Å². The highest BCUT2D eigenvalue weighted by molar-refractivity contribution is 6.00. The molecule has 1 atom stereocenters. The van der Waals surface area contributed by atoms with Crippen LogP contribution >= 0.6 is 0 Å². The number of rotatable bonds is 5. The summed E-state index contributed by atoms with van der Waals surface area (Å²) in [5.74, 6) is 0. The first-order valence-corrected chi connectivity index (χ1v) is 22.0. The number of para-hydroxylation sites is 1. The fraction of sp³-hybridized carbons (Fsp3) is 0.200. The van der Waals surface area contributed by atoms with Crippen LogP contribution in [-0.2, 0) is 21.7 Å². The van der Waals surface area contributed by atoms with Crippen molar-refractivity contribution in [1.82, 2.24) is 0 Å². The third-order valence-electron chi connectivity index (χ3n) is 14.7. The first kappa shape index (κ1) is 37.6. The van der Waals surface area contributed by atoms with Gasteiger partial charge in [-0.25, -0.2) is 0 Å². The minimum atomic E-state index is -0.329. The van der Waals surface area contributed by atoms with E-state index in [0.29, 0.717) is 0 Å². The van der Waals surface area contributed by atoms with Crippen LogP contribution in [0.5, 0.6) is 0 Å². The molecule has 1 nitrogen and oxygen atoms in total. The van der Waals surface area contributed by atoms with Gasteiger partial charge in [0.2, 0.25) is 0 Å². The van der Waals surface area contributed by atoms with Gasteiger partial charge in [-0.2, -0.15) is 0 Å². The molecule has 0 radical (unpaired) electrons. The zero-order valence-corrected chi connectivity index (χ0v) is 36.7. The van der Waals surface area contributed by atoms with Gasteiger partial charge < -0.3 is 4.90 Å². The van der Waals surface area contributed by atoms with Crippen molar-refractivity contribution in [2.75, 3.05) is 4.90 Å². The second kappa shape index (κ2) is 13.0. The van der Waals surface area contributed by atoms with E-state index in [1.54, 1.807) is 0 Å². The van der Waals surface area contributed by atoms with Crippen LogP contribution in [0.15, 0.2) is 176 Å². The zero-order chi connectivity index (χ0) is 42.1. The minimum absolute atomic E-state index is 0.0625. The molecule has 3 aliphatic carbocycles. The lowest BCUT2D eigenvalue weighted by Crippen LogP contribution is -2.23. The van der Waals surface area contributed by atoms with E-state index in [-0.39, 0.29) is 21.7 Å². The first-order chi connectivity index (χ1) is 29.3. The number of hydrogen-bond donors (Lipinski definition) is 0. The van der Waals surface area contributed by atoms with E-state index in [9.17, 15) is 0 Å². The molecule has 0 bridgehead atoms. The molecule has 0 amide bonds. The van der Waals surface area contributed by atoms with Crippen LogP contribution in [0.25, 0.3) is 44.5 Å². The molecule has 1 unspecified atom stereocenters. The topological polar surface area (TPSA) is 3.24 Å². The highest BCUT2D eigenvalue weighted by Crippen LogP contribution is 2.59. The average molecular weight is 788 g/mol. The molecular weight excluding hydrogens is 735 g/mol. The number of nitrogens with zero attached hydrogens (tertiary/aromatic N) is 1. The largest absolute Gasteiger partial charge is 0.310 e. The highest BCUT2D eigenvalue weighted by Gasteiger charge is 2.43. The predicted molar refractivity (Wildman–Crippen MR) is 258 cm³/mol. The predicted octanol–water partition coefficient (Wildman–Crippen LogP) is 16.1. The van der Waals surface area contributed by atoms with E-state index < -0.39 is 0 Å². The van der Waals surface area contributed by atoms with Crippen LogP contribution < -0.4 is 4.90 Å². The Morgan fingerprint density at radius 2 is 0.934 bits per heavy atom. The van der Waals surface area contributed by atoms with E-state index in [0.717, 1.165) is 5.69 Å². The van der Waals surface area contributed by atoms with E-state index >= 15 is 0 Å². The Morgan fingerprint density at radius 1 is 0.377 bits per heavy atom. The van der Waals surface area contributed by atoms with Crippen molar-refractivity contribution in [3.05, 3.63) is 220 Å². The van der Waals surface area contributed by atoms with Crippen molar-refractivity contribution in [1.29, 1.82) is 0 Å². The molecule has 61 heavy (non-hydrogen) atoms. The van der Waals surface area contributed by atoms with E-state index in [1.165, 1.54) is 100 Å². The van der Waals surface area contributed by atoms with Gasteiger partial charge in [0.05, 0.1) is 11.4 Å². The fourth-order valence-electron chi connectivity index (χ4n) is 11.5. The third-order valence-corrected chi connectivity index (χ3v) is 14.7. The van der Waals surface area contributed by atoms with Crippen LogP contribution in [0.2, 0.25) is 0 Å². The summed E-state index contributed by atoms with van der Waals surface area (Å²) in [7, 11) is 0. The molecule has 0 fully saturated rings. The van der Waals surface area contributed by atoms with E-state index in [2.05, 4.69) is 236 Å². The summed E-state index contributed by atoms with van der Waals surface area (Å²) in [6.07, 6.45) is 0. The average Bonchev–Trinajstić information content (AvgIpc) is 3.78. The minimum Gasteiger partial charge on any atom is -0.310 e. The van der Waals surface area contributed by atoms with E-state index in [4.69, 9.17) is 0 Å². The van der Waals surface area contributed by atoms with Gasteiger partial charge in [0.15, 0.2) is 0 Å². The molecule has 0 spiro atoms. The molecule has 298 valence electrons. The highest BCUT2D eigenvalue weighted by atomic mass is 15.1. The molecule has 11 rings (SSSR count). The molecule has 0 saturated heterocycles. The van der Waals surface area contributed by atoms with Crippen molar-refractivity contribution in [3.8, 4) is 44.5 Å². The summed E-state index contributed by atoms with van der Waals surface area (Å²) in [5, 5.41) is 0. The Balaban J connectivity index is 1.19. The number of anilines is 3. The van der Waals surface area contributed by atoms with Gasteiger partial charge in [0.1, 0.15) is 0 Å². The monoisotopic (exact) mass is 787 g/mol. The second-order valence-electron chi connectivity index (χ2n) is 19.9. The standard InChI is InChI=1S/C60H53N/c1-57(2,3)39-32-34-47-51(36-39)58(4,5)50-29-18-25-45(55(47)50)44-24-14-17-30-53(44)61(54-31-19-26-46-42-23-12-15-27-48(42)59(6,7)56(46)54)40-33-35-43-41-22-13-16-28-49(41)60(8,52(43)37-40)38-20-10-9-11-21-38/h9-37H,1-8H3. The third kappa shape index (κ3) is 5.26. The summed E-state index contributed by atoms with van der Waals surface area (Å²) in [5.41, 5.74) is 24.3. The SMILES string of the molecule is CC(C)(C)c1ccc2c(c1)C(C)(C)c1cccc(-c3ccccc3N(c3ccc4c(c3)C(C)(c3ccccc3)c3ccccc3-4)c3cccc4c3C(C)(C)c3ccccc3-4)c1-2. The summed E-state index contributed by atoms with van der Waals surface area (Å²) in [4.78, 5) is 2.60. The zero-order valence-electron chi connectivity index (χ0n) is 36.7. The van der Waals surface area contributed by atoms with Crippen molar-refractivity contribution in [3.63, 3.8) is 0 Å². The Morgan fingerprint density at radius 3 is 1.69 bits per heavy atom. The van der Waals surface area contributed by atoms with Gasteiger partial charge >= 0.3 is 0 Å². The quantitative estimate of drug-likeness (QED) is 0.168. The molecule has 0 heterocycles. The number of benzene rings is 8.